The van der Waals surface area contributed by atoms with Gasteiger partial charge in [-0.3, -0.25) is 14.6 Å². The van der Waals surface area contributed by atoms with Crippen molar-refractivity contribution in [1.82, 2.24) is 19.2 Å². The first-order chi connectivity index (χ1) is 14.2. The Labute approximate surface area is 171 Å². The predicted molar refractivity (Wildman–Crippen MR) is 116 cm³/mol. The van der Waals surface area contributed by atoms with E-state index >= 15 is 0 Å². The number of amides is 1. The number of pyridine rings is 1. The van der Waals surface area contributed by atoms with Crippen molar-refractivity contribution >= 4 is 17.2 Å². The predicted octanol–water partition coefficient (Wildman–Crippen LogP) is 2.67. The number of aromatic nitrogens is 2. The topological polar surface area (TPSA) is 44.1 Å². The second-order valence-electron chi connectivity index (χ2n) is 7.38. The lowest BCUT2D eigenvalue weighted by Crippen LogP contribution is -2.49. The molecular formula is C23H27N5O. The molecule has 0 N–H and O–H groups in total. The van der Waals surface area contributed by atoms with Crippen molar-refractivity contribution < 1.29 is 4.79 Å². The maximum absolute atomic E-state index is 12.9. The summed E-state index contributed by atoms with van der Waals surface area (Å²) in [7, 11) is 0. The number of rotatable bonds is 7. The van der Waals surface area contributed by atoms with Crippen molar-refractivity contribution in [2.45, 2.75) is 6.54 Å². The van der Waals surface area contributed by atoms with E-state index in [1.165, 1.54) is 0 Å². The van der Waals surface area contributed by atoms with Crippen LogP contribution in [0, 0.1) is 0 Å². The summed E-state index contributed by atoms with van der Waals surface area (Å²) in [5.74, 6) is 0.116. The molecule has 4 rings (SSSR count). The molecule has 6 nitrogen and oxygen atoms in total. The molecule has 1 saturated heterocycles. The van der Waals surface area contributed by atoms with Crippen LogP contribution in [0.2, 0.25) is 0 Å². The highest BCUT2D eigenvalue weighted by molar-refractivity contribution is 5.95. The molecule has 0 spiro atoms. The maximum Gasteiger partial charge on any atom is 0.241 e. The van der Waals surface area contributed by atoms with E-state index in [1.54, 1.807) is 11.0 Å². The van der Waals surface area contributed by atoms with Gasteiger partial charge < -0.3 is 9.30 Å². The van der Waals surface area contributed by atoms with Gasteiger partial charge in [-0.25, -0.2) is 4.98 Å². The lowest BCUT2D eigenvalue weighted by atomic mass is 10.2. The van der Waals surface area contributed by atoms with Gasteiger partial charge in [0.2, 0.25) is 5.91 Å². The third kappa shape index (κ3) is 4.72. The molecule has 29 heavy (non-hydrogen) atoms. The molecule has 0 bridgehead atoms. The van der Waals surface area contributed by atoms with E-state index in [1.807, 2.05) is 54.7 Å². The van der Waals surface area contributed by atoms with Gasteiger partial charge in [0.05, 0.1) is 12.2 Å². The van der Waals surface area contributed by atoms with Crippen LogP contribution in [0.15, 0.2) is 73.6 Å². The van der Waals surface area contributed by atoms with Crippen molar-refractivity contribution in [1.29, 1.82) is 0 Å². The Kier molecular flexibility index (Phi) is 6.03. The third-order valence-corrected chi connectivity index (χ3v) is 5.30. The smallest absolute Gasteiger partial charge is 0.241 e. The van der Waals surface area contributed by atoms with Crippen LogP contribution in [-0.2, 0) is 11.3 Å². The number of carbonyl (C=O) groups excluding carboxylic acids is 1. The van der Waals surface area contributed by atoms with Crippen LogP contribution in [0.4, 0.5) is 5.69 Å². The zero-order valence-corrected chi connectivity index (χ0v) is 16.7. The van der Waals surface area contributed by atoms with Crippen LogP contribution in [0.3, 0.4) is 0 Å². The molecule has 1 fully saturated rings. The van der Waals surface area contributed by atoms with Gasteiger partial charge in [-0.1, -0.05) is 30.3 Å². The van der Waals surface area contributed by atoms with Crippen LogP contribution in [0.5, 0.6) is 0 Å². The Morgan fingerprint density at radius 2 is 1.76 bits per heavy atom. The fraction of sp³-hybridized carbons (Fsp3) is 0.304. The molecule has 0 aliphatic carbocycles. The van der Waals surface area contributed by atoms with E-state index in [9.17, 15) is 4.79 Å². The van der Waals surface area contributed by atoms with Crippen molar-refractivity contribution in [2.24, 2.45) is 0 Å². The number of para-hydroxylation sites is 1. The van der Waals surface area contributed by atoms with E-state index in [0.29, 0.717) is 13.1 Å². The molecular weight excluding hydrogens is 362 g/mol. The summed E-state index contributed by atoms with van der Waals surface area (Å²) in [6.07, 6.45) is 5.90. The average Bonchev–Trinajstić information content (AvgIpc) is 3.16. The molecule has 1 aliphatic rings. The second kappa shape index (κ2) is 9.03. The molecule has 2 aromatic heterocycles. The number of benzene rings is 1. The monoisotopic (exact) mass is 389 g/mol. The molecule has 150 valence electrons. The van der Waals surface area contributed by atoms with E-state index in [-0.39, 0.29) is 5.91 Å². The fourth-order valence-electron chi connectivity index (χ4n) is 3.76. The lowest BCUT2D eigenvalue weighted by molar-refractivity contribution is -0.120. The Bertz CT molecular complexity index is 927. The number of imidazole rings is 1. The zero-order valence-electron chi connectivity index (χ0n) is 16.7. The molecule has 3 heterocycles. The van der Waals surface area contributed by atoms with E-state index in [4.69, 9.17) is 0 Å². The standard InChI is InChI=1S/C23H27N5O/c1-2-11-28(21-8-4-3-5-9-21)23(29)19-26-15-13-25(14-16-26)17-20-18-27-12-7-6-10-22(27)24-20/h2-10,12,18H,1,11,13-17,19H2. The van der Waals surface area contributed by atoms with Gasteiger partial charge in [-0.15, -0.1) is 6.58 Å². The van der Waals surface area contributed by atoms with Crippen molar-refractivity contribution in [2.75, 3.05) is 44.2 Å². The van der Waals surface area contributed by atoms with Crippen LogP contribution >= 0.6 is 0 Å². The summed E-state index contributed by atoms with van der Waals surface area (Å²) in [6.45, 7) is 9.25. The number of carbonyl (C=O) groups is 1. The summed E-state index contributed by atoms with van der Waals surface area (Å²) in [5.41, 5.74) is 2.99. The normalized spacial score (nSPS) is 15.4. The molecule has 3 aromatic rings. The van der Waals surface area contributed by atoms with E-state index in [0.717, 1.165) is 49.8 Å². The lowest BCUT2D eigenvalue weighted by Gasteiger charge is -2.35. The average molecular weight is 390 g/mol. The highest BCUT2D eigenvalue weighted by atomic mass is 16.2. The van der Waals surface area contributed by atoms with Crippen molar-refractivity contribution in [3.05, 3.63) is 79.3 Å². The van der Waals surface area contributed by atoms with Gasteiger partial charge >= 0.3 is 0 Å². The van der Waals surface area contributed by atoms with Gasteiger partial charge in [0.25, 0.3) is 0 Å². The summed E-state index contributed by atoms with van der Waals surface area (Å²) in [4.78, 5) is 24.0. The van der Waals surface area contributed by atoms with Gasteiger partial charge in [0, 0.05) is 57.3 Å². The van der Waals surface area contributed by atoms with Crippen molar-refractivity contribution in [3.8, 4) is 0 Å². The third-order valence-electron chi connectivity index (χ3n) is 5.30. The highest BCUT2D eigenvalue weighted by Crippen LogP contribution is 2.15. The minimum absolute atomic E-state index is 0.116. The number of hydrogen-bond donors (Lipinski definition) is 0. The van der Waals surface area contributed by atoms with E-state index < -0.39 is 0 Å². The van der Waals surface area contributed by atoms with E-state index in [2.05, 4.69) is 32.0 Å². The molecule has 6 heteroatoms. The number of piperazine rings is 1. The molecule has 1 amide bonds. The molecule has 1 aromatic carbocycles. The van der Waals surface area contributed by atoms with Crippen LogP contribution in [0.1, 0.15) is 5.69 Å². The van der Waals surface area contributed by atoms with Gasteiger partial charge in [-0.2, -0.15) is 0 Å². The van der Waals surface area contributed by atoms with Crippen LogP contribution in [-0.4, -0.2) is 64.4 Å². The van der Waals surface area contributed by atoms with Crippen LogP contribution < -0.4 is 4.90 Å². The minimum Gasteiger partial charge on any atom is -0.308 e. The molecule has 0 unspecified atom stereocenters. The Morgan fingerprint density at radius 1 is 1.03 bits per heavy atom. The molecule has 1 aliphatic heterocycles. The molecule has 0 atom stereocenters. The van der Waals surface area contributed by atoms with Gasteiger partial charge in [0.15, 0.2) is 0 Å². The van der Waals surface area contributed by atoms with Gasteiger partial charge in [-0.05, 0) is 24.3 Å². The summed E-state index contributed by atoms with van der Waals surface area (Å²) in [6, 6.07) is 15.8. The minimum atomic E-state index is 0.116. The Balaban J connectivity index is 1.30. The first-order valence-corrected chi connectivity index (χ1v) is 10.1. The number of nitrogens with zero attached hydrogens (tertiary/aromatic N) is 5. The molecule has 0 radical (unpaired) electrons. The summed E-state index contributed by atoms with van der Waals surface area (Å²) >= 11 is 0. The SMILES string of the molecule is C=CCN(C(=O)CN1CCN(Cc2cn3ccccc3n2)CC1)c1ccccc1. The first kappa shape index (κ1) is 19.4. The summed E-state index contributed by atoms with van der Waals surface area (Å²) in [5, 5.41) is 0. The molecule has 0 saturated carbocycles. The number of anilines is 1. The van der Waals surface area contributed by atoms with Crippen LogP contribution in [0.25, 0.3) is 5.65 Å². The maximum atomic E-state index is 12.9. The Hall–Kier alpha value is -2.96. The number of hydrogen-bond acceptors (Lipinski definition) is 4. The second-order valence-corrected chi connectivity index (χ2v) is 7.38. The first-order valence-electron chi connectivity index (χ1n) is 10.1. The largest absolute Gasteiger partial charge is 0.308 e. The number of fused-ring (bicyclic) bond motifs is 1. The quantitative estimate of drug-likeness (QED) is 0.583. The Morgan fingerprint density at radius 3 is 2.48 bits per heavy atom. The fourth-order valence-corrected chi connectivity index (χ4v) is 3.76. The summed E-state index contributed by atoms with van der Waals surface area (Å²) < 4.78 is 2.06. The van der Waals surface area contributed by atoms with Gasteiger partial charge in [0.1, 0.15) is 5.65 Å². The zero-order chi connectivity index (χ0) is 20.1. The van der Waals surface area contributed by atoms with Crippen molar-refractivity contribution in [3.63, 3.8) is 0 Å². The highest BCUT2D eigenvalue weighted by Gasteiger charge is 2.22.